The molecule has 170 valence electrons. The van der Waals surface area contributed by atoms with E-state index in [2.05, 4.69) is 10.6 Å². The Hall–Kier alpha value is -3.00. The first-order valence-corrected chi connectivity index (χ1v) is 10.5. The third-order valence-corrected chi connectivity index (χ3v) is 5.34. The molecule has 2 heterocycles. The number of urea groups is 1. The molecule has 8 heteroatoms. The summed E-state index contributed by atoms with van der Waals surface area (Å²) in [5.74, 6) is 1.44. The van der Waals surface area contributed by atoms with Crippen molar-refractivity contribution in [2.75, 3.05) is 34.9 Å². The predicted octanol–water partition coefficient (Wildman–Crippen LogP) is 2.51. The third kappa shape index (κ3) is 4.85. The topological polar surface area (TPSA) is 84.8 Å². The molecule has 0 atom stereocenters. The van der Waals surface area contributed by atoms with E-state index in [1.165, 1.54) is 0 Å². The van der Waals surface area contributed by atoms with E-state index in [1.807, 2.05) is 39.2 Å². The minimum atomic E-state index is -0.178. The monoisotopic (exact) mass is 430 g/mol. The number of fused-ring (bicyclic) bond motifs is 1. The zero-order valence-electron chi connectivity index (χ0n) is 19.6. The summed E-state index contributed by atoms with van der Waals surface area (Å²) in [6.45, 7) is 5.46. The second-order valence-corrected chi connectivity index (χ2v) is 7.03. The fourth-order valence-electron chi connectivity index (χ4n) is 3.87. The molecule has 0 unspecified atom stereocenters. The molecule has 1 aromatic heterocycles. The number of ether oxygens (including phenoxy) is 2. The van der Waals surface area contributed by atoms with Gasteiger partial charge in [0.15, 0.2) is 0 Å². The van der Waals surface area contributed by atoms with Crippen LogP contribution in [0.1, 0.15) is 30.5 Å². The summed E-state index contributed by atoms with van der Waals surface area (Å²) < 4.78 is 12.8. The first-order chi connectivity index (χ1) is 14.9. The lowest BCUT2D eigenvalue weighted by Crippen LogP contribution is -2.44. The van der Waals surface area contributed by atoms with Gasteiger partial charge in [0.1, 0.15) is 11.5 Å². The number of carbonyl (C=O) groups is 1. The smallest absolute Gasteiger partial charge is 0.317 e. The van der Waals surface area contributed by atoms with E-state index in [-0.39, 0.29) is 11.6 Å². The number of carbonyl (C=O) groups excluding carboxylic acids is 1. The Balaban J connectivity index is 0.00000166. The summed E-state index contributed by atoms with van der Waals surface area (Å²) in [4.78, 5) is 26.5. The number of rotatable bonds is 5. The molecular formula is C23H34N4O4. The van der Waals surface area contributed by atoms with Crippen LogP contribution in [0.4, 0.5) is 4.79 Å². The Bertz CT molecular complexity index is 959. The number of aromatic nitrogens is 1. The van der Waals surface area contributed by atoms with Crippen molar-refractivity contribution < 1.29 is 14.3 Å². The Morgan fingerprint density at radius 1 is 1.10 bits per heavy atom. The van der Waals surface area contributed by atoms with Crippen LogP contribution in [0.2, 0.25) is 0 Å². The van der Waals surface area contributed by atoms with Crippen LogP contribution in [0.25, 0.3) is 11.1 Å². The quantitative estimate of drug-likeness (QED) is 0.761. The van der Waals surface area contributed by atoms with Crippen molar-refractivity contribution in [3.05, 3.63) is 45.4 Å². The number of nitrogens with zero attached hydrogens (tertiary/aromatic N) is 2. The number of aryl methyl sites for hydroxylation is 1. The van der Waals surface area contributed by atoms with Crippen LogP contribution in [0.3, 0.4) is 0 Å². The van der Waals surface area contributed by atoms with Crippen molar-refractivity contribution in [3.8, 4) is 22.6 Å². The molecule has 8 nitrogen and oxygen atoms in total. The fourth-order valence-corrected chi connectivity index (χ4v) is 3.87. The second kappa shape index (κ2) is 10.9. The van der Waals surface area contributed by atoms with Gasteiger partial charge in [0.2, 0.25) is 0 Å². The van der Waals surface area contributed by atoms with Gasteiger partial charge in [-0.05, 0) is 36.7 Å². The van der Waals surface area contributed by atoms with Gasteiger partial charge in [0.25, 0.3) is 5.56 Å². The Kier molecular flexibility index (Phi) is 8.50. The van der Waals surface area contributed by atoms with E-state index in [4.69, 9.17) is 9.47 Å². The lowest BCUT2D eigenvalue weighted by molar-refractivity contribution is 0.194. The van der Waals surface area contributed by atoms with E-state index in [9.17, 15) is 9.59 Å². The van der Waals surface area contributed by atoms with Gasteiger partial charge < -0.3 is 29.6 Å². The Morgan fingerprint density at radius 2 is 1.71 bits per heavy atom. The number of hydrogen-bond donors (Lipinski definition) is 2. The molecule has 0 saturated heterocycles. The second-order valence-electron chi connectivity index (χ2n) is 7.03. The highest BCUT2D eigenvalue weighted by atomic mass is 16.5. The average molecular weight is 431 g/mol. The molecule has 0 spiro atoms. The number of methoxy groups -OCH3 is 2. The van der Waals surface area contributed by atoms with Crippen molar-refractivity contribution in [1.82, 2.24) is 20.1 Å². The first kappa shape index (κ1) is 24.3. The van der Waals surface area contributed by atoms with Gasteiger partial charge in [-0.15, -0.1) is 0 Å². The molecule has 0 bridgehead atoms. The highest BCUT2D eigenvalue weighted by Crippen LogP contribution is 2.37. The Morgan fingerprint density at radius 3 is 2.23 bits per heavy atom. The van der Waals surface area contributed by atoms with E-state index < -0.39 is 0 Å². The van der Waals surface area contributed by atoms with Gasteiger partial charge in [-0.3, -0.25) is 4.79 Å². The highest BCUT2D eigenvalue weighted by Gasteiger charge is 2.26. The van der Waals surface area contributed by atoms with Crippen LogP contribution < -0.4 is 25.7 Å². The van der Waals surface area contributed by atoms with Crippen molar-refractivity contribution in [2.45, 2.75) is 33.4 Å². The normalized spacial score (nSPS) is 12.4. The summed E-state index contributed by atoms with van der Waals surface area (Å²) in [6, 6.07) is 3.77. The predicted molar refractivity (Wildman–Crippen MR) is 123 cm³/mol. The maximum atomic E-state index is 12.8. The van der Waals surface area contributed by atoms with E-state index >= 15 is 0 Å². The molecule has 2 aromatic rings. The molecule has 1 aliphatic rings. The standard InChI is InChI=1S/C21H28N4O4.C2H6/c1-22-10-15-18(28-4)8-13(9-19(15)29-5)16-11-24(3)20(26)17-12-25(21(27)23-2)7-6-14(16)17;1-2/h8-9,11,22H,6-7,10,12H2,1-5H3,(H,23,27);1-2H3. The maximum Gasteiger partial charge on any atom is 0.317 e. The van der Waals surface area contributed by atoms with Crippen molar-refractivity contribution >= 4 is 6.03 Å². The van der Waals surface area contributed by atoms with Crippen LogP contribution in [-0.2, 0) is 26.6 Å². The lowest BCUT2D eigenvalue weighted by Gasteiger charge is -2.30. The summed E-state index contributed by atoms with van der Waals surface area (Å²) in [5.41, 5.74) is 4.34. The van der Waals surface area contributed by atoms with E-state index in [0.29, 0.717) is 31.6 Å². The molecule has 2 amide bonds. The number of hydrogen-bond acceptors (Lipinski definition) is 5. The molecule has 1 aromatic carbocycles. The molecule has 0 radical (unpaired) electrons. The van der Waals surface area contributed by atoms with Crippen LogP contribution >= 0.6 is 0 Å². The SMILES string of the molecule is CC.CNCc1c(OC)cc(-c2cn(C)c(=O)c3c2CCN(C(=O)NC)C3)cc1OC. The summed E-state index contributed by atoms with van der Waals surface area (Å²) in [6.07, 6.45) is 2.46. The van der Waals surface area contributed by atoms with Gasteiger partial charge in [0, 0.05) is 50.1 Å². The molecule has 0 saturated carbocycles. The van der Waals surface area contributed by atoms with Crippen molar-refractivity contribution in [3.63, 3.8) is 0 Å². The average Bonchev–Trinajstić information content (AvgIpc) is 2.82. The van der Waals surface area contributed by atoms with E-state index in [1.54, 1.807) is 37.8 Å². The summed E-state index contributed by atoms with van der Waals surface area (Å²) in [5, 5.41) is 5.76. The van der Waals surface area contributed by atoms with Gasteiger partial charge in [0.05, 0.1) is 20.8 Å². The molecule has 1 aliphatic heterocycles. The minimum absolute atomic E-state index is 0.0805. The molecule has 31 heavy (non-hydrogen) atoms. The minimum Gasteiger partial charge on any atom is -0.496 e. The fraction of sp³-hybridized carbons (Fsp3) is 0.478. The van der Waals surface area contributed by atoms with Crippen LogP contribution in [0, 0.1) is 0 Å². The number of benzene rings is 1. The van der Waals surface area contributed by atoms with Crippen LogP contribution in [-0.4, -0.2) is 50.4 Å². The van der Waals surface area contributed by atoms with Gasteiger partial charge >= 0.3 is 6.03 Å². The lowest BCUT2D eigenvalue weighted by atomic mass is 9.91. The highest BCUT2D eigenvalue weighted by molar-refractivity contribution is 5.76. The van der Waals surface area contributed by atoms with Gasteiger partial charge in [-0.2, -0.15) is 0 Å². The molecule has 0 aliphatic carbocycles. The van der Waals surface area contributed by atoms with E-state index in [0.717, 1.165) is 33.8 Å². The number of nitrogens with one attached hydrogen (secondary N) is 2. The molecular weight excluding hydrogens is 396 g/mol. The number of pyridine rings is 1. The van der Waals surface area contributed by atoms with Crippen LogP contribution in [0.5, 0.6) is 11.5 Å². The van der Waals surface area contributed by atoms with Crippen molar-refractivity contribution in [1.29, 1.82) is 0 Å². The Labute approximate surface area is 184 Å². The maximum absolute atomic E-state index is 12.8. The summed E-state index contributed by atoms with van der Waals surface area (Å²) in [7, 11) is 8.46. The third-order valence-electron chi connectivity index (χ3n) is 5.34. The summed E-state index contributed by atoms with van der Waals surface area (Å²) >= 11 is 0. The number of amides is 2. The molecule has 2 N–H and O–H groups in total. The van der Waals surface area contributed by atoms with Gasteiger partial charge in [-0.25, -0.2) is 4.79 Å². The van der Waals surface area contributed by atoms with Crippen molar-refractivity contribution in [2.24, 2.45) is 7.05 Å². The zero-order valence-corrected chi connectivity index (χ0v) is 19.6. The molecule has 3 rings (SSSR count). The van der Waals surface area contributed by atoms with Crippen LogP contribution in [0.15, 0.2) is 23.1 Å². The first-order valence-electron chi connectivity index (χ1n) is 10.5. The van der Waals surface area contributed by atoms with Gasteiger partial charge in [-0.1, -0.05) is 13.8 Å². The zero-order chi connectivity index (χ0) is 23.1. The molecule has 0 fully saturated rings. The largest absolute Gasteiger partial charge is 0.496 e.